The molecule has 0 bridgehead atoms. The highest BCUT2D eigenvalue weighted by atomic mass is 19.1. The zero-order valence-corrected chi connectivity index (χ0v) is 19.1. The van der Waals surface area contributed by atoms with Gasteiger partial charge in [0, 0.05) is 12.1 Å². The predicted molar refractivity (Wildman–Crippen MR) is 126 cm³/mol. The van der Waals surface area contributed by atoms with Crippen molar-refractivity contribution in [2.75, 3.05) is 0 Å². The van der Waals surface area contributed by atoms with Crippen LogP contribution < -0.4 is 4.74 Å². The topological polar surface area (TPSA) is 50.1 Å². The molecule has 1 aliphatic carbocycles. The average Bonchev–Trinajstić information content (AvgIpc) is 2.85. The van der Waals surface area contributed by atoms with Gasteiger partial charge in [-0.15, -0.1) is 0 Å². The number of esters is 1. The Bertz CT molecular complexity index is 1150. The Hall–Kier alpha value is -3.52. The Labute approximate surface area is 199 Å². The van der Waals surface area contributed by atoms with Crippen LogP contribution in [0.5, 0.6) is 5.75 Å². The first-order chi connectivity index (χ1) is 16.4. The van der Waals surface area contributed by atoms with Crippen molar-refractivity contribution in [1.29, 1.82) is 5.26 Å². The van der Waals surface area contributed by atoms with Crippen LogP contribution in [0.25, 0.3) is 0 Å². The van der Waals surface area contributed by atoms with Gasteiger partial charge in [-0.2, -0.15) is 5.26 Å². The first-order valence-corrected chi connectivity index (χ1v) is 11.7. The highest BCUT2D eigenvalue weighted by Crippen LogP contribution is 2.37. The summed E-state index contributed by atoms with van der Waals surface area (Å²) in [6.07, 6.45) is 4.03. The van der Waals surface area contributed by atoms with Gasteiger partial charge in [-0.3, -0.25) is 4.79 Å². The van der Waals surface area contributed by atoms with Crippen molar-refractivity contribution >= 4 is 5.97 Å². The van der Waals surface area contributed by atoms with E-state index in [9.17, 15) is 13.6 Å². The summed E-state index contributed by atoms with van der Waals surface area (Å²) in [5, 5.41) is 8.76. The largest absolute Gasteiger partial charge is 0.426 e. The van der Waals surface area contributed by atoms with E-state index in [4.69, 9.17) is 10.00 Å². The molecule has 3 aromatic rings. The molecule has 34 heavy (non-hydrogen) atoms. The van der Waals surface area contributed by atoms with Crippen LogP contribution in [0, 0.1) is 28.9 Å². The van der Waals surface area contributed by atoms with Gasteiger partial charge in [-0.05, 0) is 60.6 Å². The van der Waals surface area contributed by atoms with E-state index in [1.54, 1.807) is 0 Å². The highest BCUT2D eigenvalue weighted by Gasteiger charge is 2.29. The predicted octanol–water partition coefficient (Wildman–Crippen LogP) is 7.06. The number of halogens is 2. The van der Waals surface area contributed by atoms with Gasteiger partial charge in [-0.25, -0.2) is 8.78 Å². The smallest absolute Gasteiger partial charge is 0.314 e. The first-order valence-electron chi connectivity index (χ1n) is 11.7. The van der Waals surface area contributed by atoms with E-state index >= 15 is 0 Å². The van der Waals surface area contributed by atoms with Crippen LogP contribution in [-0.2, 0) is 11.2 Å². The molecule has 3 nitrogen and oxygen atoms in total. The Morgan fingerprint density at radius 2 is 1.62 bits per heavy atom. The second-order valence-electron chi connectivity index (χ2n) is 9.10. The van der Waals surface area contributed by atoms with E-state index in [0.29, 0.717) is 24.7 Å². The Morgan fingerprint density at radius 1 is 1.00 bits per heavy atom. The number of benzene rings is 3. The SMILES string of the molecule is CC(Cc1ccc(C2CCC(C(=O)Oc3cc(F)c(C#N)c(F)c3)CC2)cc1)c1ccccc1. The van der Waals surface area contributed by atoms with Gasteiger partial charge in [0.25, 0.3) is 0 Å². The number of rotatable bonds is 6. The summed E-state index contributed by atoms with van der Waals surface area (Å²) in [6.45, 7) is 2.24. The maximum atomic E-state index is 13.8. The fraction of sp³-hybridized carbons (Fsp3) is 0.310. The van der Waals surface area contributed by atoms with Crippen LogP contribution in [0.3, 0.4) is 0 Å². The molecule has 0 saturated heterocycles. The standard InChI is InChI=1S/C29H27F2NO2/c1-19(21-5-3-2-4-6-21)15-20-7-9-22(10-8-20)23-11-13-24(14-12-23)29(33)34-25-16-27(30)26(18-32)28(31)17-25/h2-10,16-17,19,23-24H,11-15H2,1H3. The molecule has 1 aliphatic rings. The molecular weight excluding hydrogens is 432 g/mol. The molecule has 1 unspecified atom stereocenters. The Balaban J connectivity index is 1.30. The molecule has 0 aliphatic heterocycles. The third-order valence-corrected chi connectivity index (χ3v) is 6.77. The number of ether oxygens (including phenoxy) is 1. The zero-order valence-electron chi connectivity index (χ0n) is 19.1. The summed E-state index contributed by atoms with van der Waals surface area (Å²) in [5.41, 5.74) is 3.24. The van der Waals surface area contributed by atoms with Gasteiger partial charge in [0.1, 0.15) is 29.0 Å². The van der Waals surface area contributed by atoms with Gasteiger partial charge >= 0.3 is 5.97 Å². The lowest BCUT2D eigenvalue weighted by Gasteiger charge is -2.27. The lowest BCUT2D eigenvalue weighted by molar-refractivity contribution is -0.140. The number of hydrogen-bond donors (Lipinski definition) is 0. The molecule has 1 saturated carbocycles. The molecule has 0 radical (unpaired) electrons. The lowest BCUT2D eigenvalue weighted by atomic mass is 9.78. The van der Waals surface area contributed by atoms with E-state index < -0.39 is 23.2 Å². The van der Waals surface area contributed by atoms with E-state index in [1.807, 2.05) is 6.07 Å². The first kappa shape index (κ1) is 23.6. The fourth-order valence-corrected chi connectivity index (χ4v) is 4.76. The van der Waals surface area contributed by atoms with Gasteiger partial charge in [0.05, 0.1) is 5.92 Å². The van der Waals surface area contributed by atoms with Crippen molar-refractivity contribution in [2.45, 2.75) is 50.9 Å². The molecule has 0 aromatic heterocycles. The summed E-state index contributed by atoms with van der Waals surface area (Å²) in [4.78, 5) is 12.5. The van der Waals surface area contributed by atoms with Crippen molar-refractivity contribution in [3.05, 3.63) is 101 Å². The second kappa shape index (κ2) is 10.6. The maximum absolute atomic E-state index is 13.8. The lowest BCUT2D eigenvalue weighted by Crippen LogP contribution is -2.25. The molecule has 0 N–H and O–H groups in total. The zero-order chi connectivity index (χ0) is 24.1. The van der Waals surface area contributed by atoms with Gasteiger partial charge in [-0.1, -0.05) is 61.5 Å². The van der Waals surface area contributed by atoms with Crippen molar-refractivity contribution in [2.24, 2.45) is 5.92 Å². The van der Waals surface area contributed by atoms with Crippen LogP contribution in [-0.4, -0.2) is 5.97 Å². The van der Waals surface area contributed by atoms with Gasteiger partial charge in [0.2, 0.25) is 0 Å². The molecular formula is C29H27F2NO2. The molecule has 3 aromatic carbocycles. The van der Waals surface area contributed by atoms with Crippen LogP contribution >= 0.6 is 0 Å². The number of nitrogens with zero attached hydrogens (tertiary/aromatic N) is 1. The molecule has 0 spiro atoms. The molecule has 0 heterocycles. The third kappa shape index (κ3) is 5.51. The molecule has 1 fully saturated rings. The second-order valence-corrected chi connectivity index (χ2v) is 9.10. The quantitative estimate of drug-likeness (QED) is 0.293. The van der Waals surface area contributed by atoms with E-state index in [2.05, 4.69) is 55.5 Å². The number of carbonyl (C=O) groups excluding carboxylic acids is 1. The normalized spacial score (nSPS) is 18.6. The molecule has 5 heteroatoms. The summed E-state index contributed by atoms with van der Waals surface area (Å²) in [7, 11) is 0. The van der Waals surface area contributed by atoms with E-state index in [0.717, 1.165) is 31.4 Å². The van der Waals surface area contributed by atoms with Crippen LogP contribution in [0.1, 0.15) is 66.7 Å². The minimum Gasteiger partial charge on any atom is -0.426 e. The number of carbonyl (C=O) groups is 1. The van der Waals surface area contributed by atoms with Crippen LogP contribution in [0.4, 0.5) is 8.78 Å². The third-order valence-electron chi connectivity index (χ3n) is 6.77. The molecule has 4 rings (SSSR count). The average molecular weight is 460 g/mol. The minimum absolute atomic E-state index is 0.207. The highest BCUT2D eigenvalue weighted by molar-refractivity contribution is 5.75. The fourth-order valence-electron chi connectivity index (χ4n) is 4.76. The summed E-state index contributed by atoms with van der Waals surface area (Å²) < 4.78 is 32.8. The minimum atomic E-state index is -1.03. The summed E-state index contributed by atoms with van der Waals surface area (Å²) in [5.74, 6) is -2.22. The Kier molecular flexibility index (Phi) is 7.37. The summed E-state index contributed by atoms with van der Waals surface area (Å²) >= 11 is 0. The van der Waals surface area contributed by atoms with Crippen molar-refractivity contribution in [3.8, 4) is 11.8 Å². The monoisotopic (exact) mass is 459 g/mol. The maximum Gasteiger partial charge on any atom is 0.314 e. The number of hydrogen-bond acceptors (Lipinski definition) is 3. The van der Waals surface area contributed by atoms with E-state index in [-0.39, 0.29) is 11.7 Å². The van der Waals surface area contributed by atoms with E-state index in [1.165, 1.54) is 22.8 Å². The summed E-state index contributed by atoms with van der Waals surface area (Å²) in [6, 6.07) is 22.5. The number of nitriles is 1. The molecule has 1 atom stereocenters. The van der Waals surface area contributed by atoms with Crippen LogP contribution in [0.2, 0.25) is 0 Å². The van der Waals surface area contributed by atoms with Crippen molar-refractivity contribution < 1.29 is 18.3 Å². The van der Waals surface area contributed by atoms with Crippen LogP contribution in [0.15, 0.2) is 66.7 Å². The molecule has 174 valence electrons. The Morgan fingerprint density at radius 3 is 2.21 bits per heavy atom. The van der Waals surface area contributed by atoms with Gasteiger partial charge in [0.15, 0.2) is 0 Å². The van der Waals surface area contributed by atoms with Crippen molar-refractivity contribution in [3.63, 3.8) is 0 Å². The molecule has 0 amide bonds. The van der Waals surface area contributed by atoms with Gasteiger partial charge < -0.3 is 4.74 Å². The van der Waals surface area contributed by atoms with Crippen molar-refractivity contribution in [1.82, 2.24) is 0 Å².